The molecule has 10 nitrogen and oxygen atoms in total. The molecule has 1 aliphatic heterocycles. The van der Waals surface area contributed by atoms with Gasteiger partial charge in [-0.05, 0) is 29.8 Å². The summed E-state index contributed by atoms with van der Waals surface area (Å²) in [4.78, 5) is 52.9. The fourth-order valence-corrected chi connectivity index (χ4v) is 3.28. The first-order chi connectivity index (χ1) is 13.3. The molecule has 0 spiro atoms. The molecule has 0 radical (unpaired) electrons. The highest BCUT2D eigenvalue weighted by molar-refractivity contribution is 6.29. The van der Waals surface area contributed by atoms with Gasteiger partial charge in [-0.1, -0.05) is 0 Å². The minimum atomic E-state index is -0.601. The van der Waals surface area contributed by atoms with Crippen molar-refractivity contribution in [2.45, 2.75) is 6.54 Å². The Kier molecular flexibility index (Phi) is 4.07. The number of fused-ring (bicyclic) bond motifs is 2. The molecule has 0 saturated carbocycles. The van der Waals surface area contributed by atoms with Gasteiger partial charge >= 0.3 is 5.69 Å². The number of carbonyl (C=O) groups excluding carboxylic acids is 2. The fraction of sp³-hybridized carbons (Fsp3) is 0.235. The lowest BCUT2D eigenvalue weighted by Crippen LogP contribution is -2.37. The number of Topliss-reactive ketones (excluding diaryl/α,β-unsaturated/α-hetero) is 1. The first-order valence-corrected chi connectivity index (χ1v) is 8.57. The molecule has 1 aliphatic rings. The average molecular weight is 404 g/mol. The number of rotatable bonds is 3. The summed E-state index contributed by atoms with van der Waals surface area (Å²) in [6.45, 7) is -0.352. The van der Waals surface area contributed by atoms with Gasteiger partial charge in [0.05, 0.1) is 12.2 Å². The molecule has 0 bridgehead atoms. The molecular formula is C17H14ClN5O5. The maximum atomic E-state index is 12.8. The number of halogens is 1. The standard InChI is InChI=1S/C17H14ClN5O5/c1-21-14-13(15(26)22(2)17(21)27)23(16(18)20-14)6-10(24)8-3-4-11-9(5-8)19-12(25)7-28-11/h3-5H,6-7H2,1-2H3,(H,19,25). The van der Waals surface area contributed by atoms with Crippen LogP contribution < -0.4 is 21.3 Å². The van der Waals surface area contributed by atoms with Gasteiger partial charge in [-0.2, -0.15) is 4.98 Å². The van der Waals surface area contributed by atoms with Gasteiger partial charge in [-0.15, -0.1) is 0 Å². The number of benzene rings is 1. The van der Waals surface area contributed by atoms with Crippen LogP contribution in [0.3, 0.4) is 0 Å². The third-order valence-electron chi connectivity index (χ3n) is 4.54. The molecule has 0 atom stereocenters. The summed E-state index contributed by atoms with van der Waals surface area (Å²) in [5.74, 6) is -0.212. The number of hydrogen-bond acceptors (Lipinski definition) is 6. The van der Waals surface area contributed by atoms with Gasteiger partial charge in [-0.25, -0.2) is 4.79 Å². The zero-order valence-corrected chi connectivity index (χ0v) is 15.6. The molecule has 11 heteroatoms. The van der Waals surface area contributed by atoms with Crippen LogP contribution in [-0.2, 0) is 25.4 Å². The quantitative estimate of drug-likeness (QED) is 0.496. The summed E-state index contributed by atoms with van der Waals surface area (Å²) in [5.41, 5.74) is -0.312. The number of amides is 1. The number of aryl methyl sites for hydroxylation is 1. The molecule has 0 fully saturated rings. The van der Waals surface area contributed by atoms with E-state index >= 15 is 0 Å². The van der Waals surface area contributed by atoms with Gasteiger partial charge in [0.2, 0.25) is 5.28 Å². The van der Waals surface area contributed by atoms with E-state index in [0.717, 1.165) is 4.57 Å². The first kappa shape index (κ1) is 18.0. The van der Waals surface area contributed by atoms with E-state index in [1.165, 1.54) is 29.3 Å². The van der Waals surface area contributed by atoms with Crippen LogP contribution in [0.1, 0.15) is 10.4 Å². The second-order valence-electron chi connectivity index (χ2n) is 6.32. The molecule has 4 rings (SSSR count). The summed E-state index contributed by atoms with van der Waals surface area (Å²) in [6, 6.07) is 4.63. The number of nitrogens with zero attached hydrogens (tertiary/aromatic N) is 4. The minimum absolute atomic E-state index is 0.0533. The third kappa shape index (κ3) is 2.69. The summed E-state index contributed by atoms with van der Waals surface area (Å²) >= 11 is 6.14. The topological polar surface area (TPSA) is 117 Å². The predicted octanol–water partition coefficient (Wildman–Crippen LogP) is 0.301. The largest absolute Gasteiger partial charge is 0.482 e. The lowest BCUT2D eigenvalue weighted by molar-refractivity contribution is -0.118. The van der Waals surface area contributed by atoms with E-state index in [1.54, 1.807) is 12.1 Å². The Labute approximate surface area is 161 Å². The number of carbonyl (C=O) groups is 2. The molecule has 2 aromatic heterocycles. The van der Waals surface area contributed by atoms with E-state index in [4.69, 9.17) is 16.3 Å². The van der Waals surface area contributed by atoms with Crippen LogP contribution in [0.5, 0.6) is 5.75 Å². The predicted molar refractivity (Wildman–Crippen MR) is 100 cm³/mol. The van der Waals surface area contributed by atoms with Crippen molar-refractivity contribution in [1.29, 1.82) is 0 Å². The number of ether oxygens (including phenoxy) is 1. The van der Waals surface area contributed by atoms with Crippen LogP contribution in [0, 0.1) is 0 Å². The lowest BCUT2D eigenvalue weighted by Gasteiger charge is -2.18. The number of ketones is 1. The smallest absolute Gasteiger partial charge is 0.332 e. The minimum Gasteiger partial charge on any atom is -0.482 e. The Bertz CT molecular complexity index is 1290. The molecular weight excluding hydrogens is 390 g/mol. The first-order valence-electron chi connectivity index (χ1n) is 8.19. The maximum absolute atomic E-state index is 12.8. The molecule has 144 valence electrons. The van der Waals surface area contributed by atoms with Gasteiger partial charge in [0.15, 0.2) is 23.6 Å². The zero-order valence-electron chi connectivity index (χ0n) is 14.9. The van der Waals surface area contributed by atoms with Crippen molar-refractivity contribution in [2.24, 2.45) is 14.1 Å². The Balaban J connectivity index is 1.77. The third-order valence-corrected chi connectivity index (χ3v) is 4.83. The van der Waals surface area contributed by atoms with Crippen LogP contribution in [0.2, 0.25) is 5.28 Å². The van der Waals surface area contributed by atoms with Crippen molar-refractivity contribution in [3.63, 3.8) is 0 Å². The monoisotopic (exact) mass is 403 g/mol. The van der Waals surface area contributed by atoms with Crippen molar-refractivity contribution in [3.8, 4) is 5.75 Å². The molecule has 3 heterocycles. The number of anilines is 1. The Morgan fingerprint density at radius 1 is 1.25 bits per heavy atom. The van der Waals surface area contributed by atoms with E-state index in [-0.39, 0.29) is 41.3 Å². The number of imidazole rings is 1. The summed E-state index contributed by atoms with van der Waals surface area (Å²) in [6.07, 6.45) is 0. The molecule has 28 heavy (non-hydrogen) atoms. The summed E-state index contributed by atoms with van der Waals surface area (Å²) in [5, 5.41) is 2.55. The van der Waals surface area contributed by atoms with Crippen molar-refractivity contribution in [3.05, 3.63) is 49.9 Å². The van der Waals surface area contributed by atoms with Crippen LogP contribution in [-0.4, -0.2) is 37.0 Å². The second-order valence-corrected chi connectivity index (χ2v) is 6.65. The number of nitrogens with one attached hydrogen (secondary N) is 1. The van der Waals surface area contributed by atoms with Gasteiger partial charge in [-0.3, -0.25) is 23.5 Å². The van der Waals surface area contributed by atoms with Crippen molar-refractivity contribution in [1.82, 2.24) is 18.7 Å². The summed E-state index contributed by atoms with van der Waals surface area (Å²) in [7, 11) is 2.80. The number of aromatic nitrogens is 4. The molecule has 1 N–H and O–H groups in total. The molecule has 1 amide bonds. The van der Waals surface area contributed by atoms with Gasteiger partial charge in [0.25, 0.3) is 11.5 Å². The normalized spacial score (nSPS) is 13.2. The van der Waals surface area contributed by atoms with Crippen LogP contribution in [0.15, 0.2) is 27.8 Å². The van der Waals surface area contributed by atoms with Crippen molar-refractivity contribution >= 4 is 40.1 Å². The molecule has 3 aromatic rings. The highest BCUT2D eigenvalue weighted by atomic mass is 35.5. The van der Waals surface area contributed by atoms with Crippen LogP contribution in [0.4, 0.5) is 5.69 Å². The second kappa shape index (κ2) is 6.34. The highest BCUT2D eigenvalue weighted by Gasteiger charge is 2.22. The molecule has 0 unspecified atom stereocenters. The summed E-state index contributed by atoms with van der Waals surface area (Å²) < 4.78 is 8.64. The molecule has 0 aliphatic carbocycles. The number of hydrogen-bond donors (Lipinski definition) is 1. The lowest BCUT2D eigenvalue weighted by atomic mass is 10.1. The van der Waals surface area contributed by atoms with Gasteiger partial charge in [0, 0.05) is 19.7 Å². The highest BCUT2D eigenvalue weighted by Crippen LogP contribution is 2.29. The zero-order chi connectivity index (χ0) is 20.2. The van der Waals surface area contributed by atoms with E-state index in [2.05, 4.69) is 10.3 Å². The Morgan fingerprint density at radius 2 is 2.00 bits per heavy atom. The van der Waals surface area contributed by atoms with Crippen molar-refractivity contribution in [2.75, 3.05) is 11.9 Å². The van der Waals surface area contributed by atoms with Gasteiger partial charge < -0.3 is 14.6 Å². The fourth-order valence-electron chi connectivity index (χ4n) is 3.06. The molecule has 0 saturated heterocycles. The SMILES string of the molecule is Cn1c(=O)c2c(nc(Cl)n2CC(=O)c2ccc3c(c2)NC(=O)CO3)n(C)c1=O. The van der Waals surface area contributed by atoms with E-state index in [1.807, 2.05) is 0 Å². The Hall–Kier alpha value is -3.40. The van der Waals surface area contributed by atoms with E-state index < -0.39 is 11.2 Å². The van der Waals surface area contributed by atoms with Crippen molar-refractivity contribution < 1.29 is 14.3 Å². The van der Waals surface area contributed by atoms with Gasteiger partial charge in [0.1, 0.15) is 5.75 Å². The van der Waals surface area contributed by atoms with Crippen LogP contribution in [0.25, 0.3) is 11.2 Å². The van der Waals surface area contributed by atoms with E-state index in [0.29, 0.717) is 17.0 Å². The van der Waals surface area contributed by atoms with Crippen LogP contribution >= 0.6 is 11.6 Å². The molecule has 1 aromatic carbocycles. The van der Waals surface area contributed by atoms with E-state index in [9.17, 15) is 19.2 Å². The average Bonchev–Trinajstić information content (AvgIpc) is 3.00. The Morgan fingerprint density at radius 3 is 2.75 bits per heavy atom. The maximum Gasteiger partial charge on any atom is 0.332 e.